The maximum Gasteiger partial charge on any atom is 0.272 e. The number of benzene rings is 1. The van der Waals surface area contributed by atoms with Gasteiger partial charge in [0.25, 0.3) is 5.91 Å². The quantitative estimate of drug-likeness (QED) is 0.923. The van der Waals surface area contributed by atoms with Crippen molar-refractivity contribution in [2.75, 3.05) is 7.11 Å². The molecule has 1 aromatic carbocycles. The summed E-state index contributed by atoms with van der Waals surface area (Å²) in [5, 5.41) is 10.8. The van der Waals surface area contributed by atoms with Crippen molar-refractivity contribution in [3.05, 3.63) is 52.1 Å². The molecule has 1 heterocycles. The van der Waals surface area contributed by atoms with Gasteiger partial charge >= 0.3 is 0 Å². The monoisotopic (exact) mass is 347 g/mol. The summed E-state index contributed by atoms with van der Waals surface area (Å²) >= 11 is 3.46. The van der Waals surface area contributed by atoms with Crippen LogP contribution < -0.4 is 10.1 Å². The molecule has 0 atom stereocenters. The second-order valence-electron chi connectivity index (χ2n) is 5.01. The van der Waals surface area contributed by atoms with Crippen LogP contribution in [0.3, 0.4) is 0 Å². The maximum absolute atomic E-state index is 12.3. The summed E-state index contributed by atoms with van der Waals surface area (Å²) in [6.07, 6.45) is 1.86. The van der Waals surface area contributed by atoms with E-state index in [1.807, 2.05) is 24.3 Å². The number of carbonyl (C=O) groups is 1. The van der Waals surface area contributed by atoms with Gasteiger partial charge in [0.2, 0.25) is 5.88 Å². The van der Waals surface area contributed by atoms with E-state index in [-0.39, 0.29) is 17.1 Å². The van der Waals surface area contributed by atoms with Gasteiger partial charge in [-0.25, -0.2) is 0 Å². The molecule has 5 nitrogen and oxygen atoms in total. The van der Waals surface area contributed by atoms with Gasteiger partial charge in [0.15, 0.2) is 5.69 Å². The summed E-state index contributed by atoms with van der Waals surface area (Å²) in [4.78, 5) is 12.3. The summed E-state index contributed by atoms with van der Waals surface area (Å²) in [5.74, 6) is 0.169. The highest BCUT2D eigenvalue weighted by atomic mass is 79.9. The highest BCUT2D eigenvalue weighted by Gasteiger charge is 2.46. The zero-order valence-corrected chi connectivity index (χ0v) is 13.1. The number of hydrogen-bond acceptors (Lipinski definition) is 4. The number of aromatic nitrogens is 2. The van der Waals surface area contributed by atoms with E-state index >= 15 is 0 Å². The Bertz CT molecular complexity index is 669. The number of halogens is 1. The van der Waals surface area contributed by atoms with Crippen LogP contribution in [0.25, 0.3) is 0 Å². The van der Waals surface area contributed by atoms with Gasteiger partial charge < -0.3 is 10.1 Å². The van der Waals surface area contributed by atoms with Gasteiger partial charge in [0, 0.05) is 10.5 Å². The Morgan fingerprint density at radius 2 is 2.10 bits per heavy atom. The number of nitrogens with zero attached hydrogens (tertiary/aromatic N) is 2. The lowest BCUT2D eigenvalue weighted by molar-refractivity contribution is 0.0924. The number of ether oxygens (including phenoxy) is 1. The molecule has 2 aromatic rings. The summed E-state index contributed by atoms with van der Waals surface area (Å²) in [5.41, 5.74) is 1.12. The minimum absolute atomic E-state index is 0.220. The lowest BCUT2D eigenvalue weighted by Gasteiger charge is -2.18. The topological polar surface area (TPSA) is 64.1 Å². The molecule has 0 saturated heterocycles. The summed E-state index contributed by atoms with van der Waals surface area (Å²) in [7, 11) is 1.51. The fourth-order valence-electron chi connectivity index (χ4n) is 2.23. The molecule has 6 heteroatoms. The van der Waals surface area contributed by atoms with Gasteiger partial charge in [-0.2, -0.15) is 0 Å². The van der Waals surface area contributed by atoms with Crippen LogP contribution >= 0.6 is 15.9 Å². The Morgan fingerprint density at radius 1 is 1.29 bits per heavy atom. The van der Waals surface area contributed by atoms with Crippen molar-refractivity contribution in [2.24, 2.45) is 0 Å². The van der Waals surface area contributed by atoms with Crippen LogP contribution in [-0.2, 0) is 5.54 Å². The SMILES string of the molecule is COc1ccc(C(=O)NC2(c3cccc(Br)c3)CC2)nn1. The first-order chi connectivity index (χ1) is 10.1. The third-order valence-electron chi connectivity index (χ3n) is 3.56. The zero-order chi connectivity index (χ0) is 14.9. The van der Waals surface area contributed by atoms with E-state index in [4.69, 9.17) is 4.74 Å². The number of rotatable bonds is 4. The number of carbonyl (C=O) groups excluding carboxylic acids is 1. The Labute approximate surface area is 130 Å². The second kappa shape index (κ2) is 5.44. The van der Waals surface area contributed by atoms with Gasteiger partial charge in [0.05, 0.1) is 12.6 Å². The Balaban J connectivity index is 1.77. The van der Waals surface area contributed by atoms with Crippen molar-refractivity contribution < 1.29 is 9.53 Å². The molecule has 1 aliphatic rings. The molecule has 1 saturated carbocycles. The molecular formula is C15H14BrN3O2. The van der Waals surface area contributed by atoms with E-state index in [2.05, 4.69) is 31.4 Å². The first-order valence-electron chi connectivity index (χ1n) is 6.59. The van der Waals surface area contributed by atoms with E-state index in [9.17, 15) is 4.79 Å². The minimum atomic E-state index is -0.275. The van der Waals surface area contributed by atoms with Crippen LogP contribution in [0.2, 0.25) is 0 Å². The summed E-state index contributed by atoms with van der Waals surface area (Å²) in [6.45, 7) is 0. The van der Waals surface area contributed by atoms with Crippen molar-refractivity contribution in [1.29, 1.82) is 0 Å². The molecule has 0 aliphatic heterocycles. The van der Waals surface area contributed by atoms with Crippen molar-refractivity contribution in [3.63, 3.8) is 0 Å². The van der Waals surface area contributed by atoms with E-state index in [0.29, 0.717) is 5.88 Å². The predicted molar refractivity (Wildman–Crippen MR) is 81.1 cm³/mol. The molecule has 1 N–H and O–H groups in total. The first-order valence-corrected chi connectivity index (χ1v) is 7.38. The fraction of sp³-hybridized carbons (Fsp3) is 0.267. The van der Waals surface area contributed by atoms with Crippen molar-refractivity contribution in [1.82, 2.24) is 15.5 Å². The summed E-state index contributed by atoms with van der Waals surface area (Å²) < 4.78 is 5.94. The highest BCUT2D eigenvalue weighted by molar-refractivity contribution is 9.10. The zero-order valence-electron chi connectivity index (χ0n) is 11.5. The molecule has 1 aromatic heterocycles. The van der Waals surface area contributed by atoms with Gasteiger partial charge in [-0.1, -0.05) is 28.1 Å². The van der Waals surface area contributed by atoms with Crippen LogP contribution in [0.1, 0.15) is 28.9 Å². The summed E-state index contributed by atoms with van der Waals surface area (Å²) in [6, 6.07) is 11.2. The van der Waals surface area contributed by atoms with Crippen LogP contribution in [0.15, 0.2) is 40.9 Å². The van der Waals surface area contributed by atoms with E-state index < -0.39 is 0 Å². The molecule has 3 rings (SSSR count). The Morgan fingerprint density at radius 3 is 2.67 bits per heavy atom. The average molecular weight is 348 g/mol. The van der Waals surface area contributed by atoms with Crippen LogP contribution in [0.5, 0.6) is 5.88 Å². The normalized spacial score (nSPS) is 15.3. The lowest BCUT2D eigenvalue weighted by Crippen LogP contribution is -2.35. The molecule has 108 valence electrons. The Hall–Kier alpha value is -1.95. The Kier molecular flexibility index (Phi) is 3.63. The molecule has 1 amide bonds. The van der Waals surface area contributed by atoms with Gasteiger partial charge in [-0.3, -0.25) is 4.79 Å². The van der Waals surface area contributed by atoms with Crippen LogP contribution in [-0.4, -0.2) is 23.2 Å². The van der Waals surface area contributed by atoms with Gasteiger partial charge in [0.1, 0.15) is 0 Å². The third-order valence-corrected chi connectivity index (χ3v) is 4.06. The van der Waals surface area contributed by atoms with Crippen molar-refractivity contribution >= 4 is 21.8 Å². The van der Waals surface area contributed by atoms with E-state index in [0.717, 1.165) is 22.9 Å². The van der Waals surface area contributed by atoms with Gasteiger partial charge in [-0.15, -0.1) is 10.2 Å². The molecule has 0 radical (unpaired) electrons. The predicted octanol–water partition coefficient (Wildman–Crippen LogP) is 2.67. The minimum Gasteiger partial charge on any atom is -0.480 e. The molecule has 1 fully saturated rings. The van der Waals surface area contributed by atoms with E-state index in [1.165, 1.54) is 7.11 Å². The fourth-order valence-corrected chi connectivity index (χ4v) is 2.63. The average Bonchev–Trinajstić information content (AvgIpc) is 3.28. The molecule has 0 bridgehead atoms. The lowest BCUT2D eigenvalue weighted by atomic mass is 10.0. The van der Waals surface area contributed by atoms with Crippen LogP contribution in [0.4, 0.5) is 0 Å². The molecule has 0 unspecified atom stereocenters. The molecule has 0 spiro atoms. The number of amides is 1. The van der Waals surface area contributed by atoms with Gasteiger partial charge in [-0.05, 0) is 36.6 Å². The van der Waals surface area contributed by atoms with Crippen LogP contribution in [0, 0.1) is 0 Å². The smallest absolute Gasteiger partial charge is 0.272 e. The molecular weight excluding hydrogens is 334 g/mol. The van der Waals surface area contributed by atoms with Crippen molar-refractivity contribution in [3.8, 4) is 5.88 Å². The molecule has 1 aliphatic carbocycles. The number of nitrogens with one attached hydrogen (secondary N) is 1. The standard InChI is InChI=1S/C15H14BrN3O2/c1-21-13-6-5-12(18-19-13)14(20)17-15(7-8-15)10-3-2-4-11(16)9-10/h2-6,9H,7-8H2,1H3,(H,17,20). The first kappa shape index (κ1) is 14.0. The molecule has 21 heavy (non-hydrogen) atoms. The van der Waals surface area contributed by atoms with E-state index in [1.54, 1.807) is 12.1 Å². The second-order valence-corrected chi connectivity index (χ2v) is 5.92. The number of hydrogen-bond donors (Lipinski definition) is 1. The maximum atomic E-state index is 12.3. The number of methoxy groups -OCH3 is 1. The highest BCUT2D eigenvalue weighted by Crippen LogP contribution is 2.46. The third kappa shape index (κ3) is 2.90. The van der Waals surface area contributed by atoms with Crippen molar-refractivity contribution in [2.45, 2.75) is 18.4 Å². The largest absolute Gasteiger partial charge is 0.480 e.